The Hall–Kier alpha value is -0.200. The van der Waals surface area contributed by atoms with E-state index in [1.165, 1.54) is 0 Å². The van der Waals surface area contributed by atoms with Crippen molar-refractivity contribution in [3.05, 3.63) is 0 Å². The quantitative estimate of drug-likeness (QED) is 0.267. The Morgan fingerprint density at radius 2 is 1.62 bits per heavy atom. The maximum atomic E-state index is 4.89. The maximum absolute atomic E-state index is 4.89. The molecular formula is C3H19N5. The molecule has 0 aromatic rings. The van der Waals surface area contributed by atoms with Gasteiger partial charge in [-0.25, -0.2) is 0 Å². The van der Waals surface area contributed by atoms with Crippen molar-refractivity contribution in [2.45, 2.75) is 13.3 Å². The number of rotatable bonds is 2. The van der Waals surface area contributed by atoms with E-state index in [-0.39, 0.29) is 18.5 Å². The van der Waals surface area contributed by atoms with E-state index in [0.29, 0.717) is 0 Å². The molecule has 0 unspecified atom stereocenters. The predicted molar refractivity (Wildman–Crippen MR) is 37.5 cm³/mol. The Bertz CT molecular complexity index is 15.1. The highest BCUT2D eigenvalue weighted by molar-refractivity contribution is 4.25. The molecule has 5 heteroatoms. The average Bonchev–Trinajstić information content (AvgIpc) is 1.41. The van der Waals surface area contributed by atoms with Gasteiger partial charge in [-0.1, -0.05) is 6.92 Å². The largest absolute Gasteiger partial charge is 0.344 e. The van der Waals surface area contributed by atoms with Crippen molar-refractivity contribution in [1.82, 2.24) is 23.9 Å². The molecule has 0 aliphatic rings. The first-order chi connectivity index (χ1) is 2.41. The van der Waals surface area contributed by atoms with E-state index in [1.807, 2.05) is 0 Å². The molecule has 12 N–H and O–H groups in total. The van der Waals surface area contributed by atoms with E-state index in [4.69, 9.17) is 5.84 Å². The SMILES string of the molecule is CCCNN.N.N.N. The van der Waals surface area contributed by atoms with E-state index >= 15 is 0 Å². The van der Waals surface area contributed by atoms with Crippen LogP contribution in [0.5, 0.6) is 0 Å². The van der Waals surface area contributed by atoms with Gasteiger partial charge in [0.2, 0.25) is 0 Å². The van der Waals surface area contributed by atoms with Crippen molar-refractivity contribution in [1.29, 1.82) is 0 Å². The van der Waals surface area contributed by atoms with Crippen LogP contribution in [0.25, 0.3) is 0 Å². The van der Waals surface area contributed by atoms with Crippen LogP contribution >= 0.6 is 0 Å². The summed E-state index contributed by atoms with van der Waals surface area (Å²) in [5.74, 6) is 4.89. The van der Waals surface area contributed by atoms with Crippen LogP contribution in [-0.4, -0.2) is 6.54 Å². The Labute approximate surface area is 50.7 Å². The van der Waals surface area contributed by atoms with Crippen LogP contribution in [0.4, 0.5) is 0 Å². The molecule has 0 rings (SSSR count). The van der Waals surface area contributed by atoms with Gasteiger partial charge >= 0.3 is 0 Å². The number of hydrogen-bond acceptors (Lipinski definition) is 5. The maximum Gasteiger partial charge on any atom is 0.00947 e. The summed E-state index contributed by atoms with van der Waals surface area (Å²) in [6.07, 6.45) is 1.11. The van der Waals surface area contributed by atoms with Gasteiger partial charge in [0.05, 0.1) is 0 Å². The zero-order valence-corrected chi connectivity index (χ0v) is 5.61. The van der Waals surface area contributed by atoms with Gasteiger partial charge in [0.1, 0.15) is 0 Å². The molecule has 0 atom stereocenters. The second kappa shape index (κ2) is 29.2. The second-order valence-electron chi connectivity index (χ2n) is 0.954. The van der Waals surface area contributed by atoms with Crippen molar-refractivity contribution in [3.63, 3.8) is 0 Å². The third-order valence-electron chi connectivity index (χ3n) is 0.394. The molecule has 0 saturated heterocycles. The van der Waals surface area contributed by atoms with Crippen molar-refractivity contribution < 1.29 is 0 Å². The van der Waals surface area contributed by atoms with Gasteiger partial charge < -0.3 is 18.5 Å². The molecule has 0 aromatic heterocycles. The standard InChI is InChI=1S/C3H10N2.3H3N/c1-2-3-5-4;;;/h5H,2-4H2,1H3;3*1H3. The molecule has 0 bridgehead atoms. The predicted octanol–water partition coefficient (Wildman–Crippen LogP) is 0.346. The minimum absolute atomic E-state index is 0. The molecule has 0 radical (unpaired) electrons. The Morgan fingerprint density at radius 1 is 1.25 bits per heavy atom. The van der Waals surface area contributed by atoms with Crippen LogP contribution in [0.15, 0.2) is 0 Å². The molecule has 0 amide bonds. The fourth-order valence-corrected chi connectivity index (χ4v) is 0.144. The summed E-state index contributed by atoms with van der Waals surface area (Å²) in [4.78, 5) is 0. The van der Waals surface area contributed by atoms with Gasteiger partial charge in [-0.3, -0.25) is 11.3 Å². The monoisotopic (exact) mass is 125 g/mol. The molecule has 0 aliphatic carbocycles. The molecular weight excluding hydrogens is 106 g/mol. The van der Waals surface area contributed by atoms with E-state index in [1.54, 1.807) is 0 Å². The van der Waals surface area contributed by atoms with Gasteiger partial charge in [-0.15, -0.1) is 0 Å². The smallest absolute Gasteiger partial charge is 0.00947 e. The Balaban J connectivity index is -0.0000000267. The zero-order chi connectivity index (χ0) is 4.12. The fraction of sp³-hybridized carbons (Fsp3) is 1.00. The van der Waals surface area contributed by atoms with Crippen LogP contribution in [0.1, 0.15) is 13.3 Å². The third-order valence-corrected chi connectivity index (χ3v) is 0.394. The molecule has 0 aliphatic heterocycles. The van der Waals surface area contributed by atoms with Crippen LogP contribution in [-0.2, 0) is 0 Å². The van der Waals surface area contributed by atoms with Gasteiger partial charge in [-0.2, -0.15) is 0 Å². The molecule has 0 aromatic carbocycles. The minimum atomic E-state index is 0. The first-order valence-corrected chi connectivity index (χ1v) is 1.85. The average molecular weight is 125 g/mol. The lowest BCUT2D eigenvalue weighted by molar-refractivity contribution is 0.714. The van der Waals surface area contributed by atoms with Gasteiger partial charge in [0.25, 0.3) is 0 Å². The minimum Gasteiger partial charge on any atom is -0.344 e. The van der Waals surface area contributed by atoms with Crippen molar-refractivity contribution in [2.75, 3.05) is 6.54 Å². The zero-order valence-electron chi connectivity index (χ0n) is 5.61. The molecule has 56 valence electrons. The summed E-state index contributed by atoms with van der Waals surface area (Å²) in [6.45, 7) is 2.99. The lowest BCUT2D eigenvalue weighted by atomic mass is 10.5. The topological polar surface area (TPSA) is 143 Å². The highest BCUT2D eigenvalue weighted by Gasteiger charge is 1.64. The van der Waals surface area contributed by atoms with Crippen LogP contribution in [0.2, 0.25) is 0 Å². The molecule has 0 fully saturated rings. The van der Waals surface area contributed by atoms with Crippen LogP contribution in [0.3, 0.4) is 0 Å². The van der Waals surface area contributed by atoms with Gasteiger partial charge in [0, 0.05) is 6.54 Å². The normalized spacial score (nSPS) is 5.25. The Morgan fingerprint density at radius 3 is 1.62 bits per heavy atom. The first-order valence-electron chi connectivity index (χ1n) is 1.85. The van der Waals surface area contributed by atoms with E-state index in [2.05, 4.69) is 12.3 Å². The van der Waals surface area contributed by atoms with Crippen LogP contribution < -0.4 is 29.7 Å². The van der Waals surface area contributed by atoms with E-state index in [9.17, 15) is 0 Å². The number of nitrogens with two attached hydrogens (primary N) is 1. The summed E-state index contributed by atoms with van der Waals surface area (Å²) in [5.41, 5.74) is 2.52. The summed E-state index contributed by atoms with van der Waals surface area (Å²) >= 11 is 0. The summed E-state index contributed by atoms with van der Waals surface area (Å²) in [5, 5.41) is 0. The number of hydrogen-bond donors (Lipinski definition) is 5. The van der Waals surface area contributed by atoms with E-state index in [0.717, 1.165) is 13.0 Å². The fourth-order valence-electron chi connectivity index (χ4n) is 0.144. The number of nitrogens with one attached hydrogen (secondary N) is 1. The van der Waals surface area contributed by atoms with Crippen LogP contribution in [0, 0.1) is 0 Å². The number of hydrazine groups is 1. The summed E-state index contributed by atoms with van der Waals surface area (Å²) in [7, 11) is 0. The van der Waals surface area contributed by atoms with Crippen molar-refractivity contribution in [2.24, 2.45) is 5.84 Å². The van der Waals surface area contributed by atoms with Crippen molar-refractivity contribution in [3.8, 4) is 0 Å². The summed E-state index contributed by atoms with van der Waals surface area (Å²) in [6, 6.07) is 0. The molecule has 0 heterocycles. The molecule has 0 spiro atoms. The summed E-state index contributed by atoms with van der Waals surface area (Å²) < 4.78 is 0. The molecule has 8 heavy (non-hydrogen) atoms. The Kier molecular flexibility index (Phi) is 91.1. The first kappa shape index (κ1) is 25.0. The second-order valence-corrected chi connectivity index (χ2v) is 0.954. The third kappa shape index (κ3) is 41.2. The van der Waals surface area contributed by atoms with Gasteiger partial charge in [0.15, 0.2) is 0 Å². The van der Waals surface area contributed by atoms with Crippen molar-refractivity contribution >= 4 is 0 Å². The highest BCUT2D eigenvalue weighted by atomic mass is 15.2. The molecule has 0 saturated carbocycles. The molecule has 5 nitrogen and oxygen atoms in total. The highest BCUT2D eigenvalue weighted by Crippen LogP contribution is 1.61. The van der Waals surface area contributed by atoms with E-state index < -0.39 is 0 Å². The van der Waals surface area contributed by atoms with Gasteiger partial charge in [-0.05, 0) is 6.42 Å². The lowest BCUT2D eigenvalue weighted by Crippen LogP contribution is -2.21. The lowest BCUT2D eigenvalue weighted by Gasteiger charge is -1.85.